The largest absolute Gasteiger partial charge is 0.463 e. The van der Waals surface area contributed by atoms with Gasteiger partial charge in [0.1, 0.15) is 6.07 Å². The third-order valence-corrected chi connectivity index (χ3v) is 1.91. The first kappa shape index (κ1) is 13.5. The van der Waals surface area contributed by atoms with E-state index in [2.05, 4.69) is 14.8 Å². The van der Waals surface area contributed by atoms with Crippen LogP contribution in [0.4, 0.5) is 10.5 Å². The van der Waals surface area contributed by atoms with Crippen LogP contribution in [-0.2, 0) is 14.3 Å². The molecule has 0 atom stereocenters. The molecule has 0 aliphatic carbocycles. The number of nitriles is 1. The van der Waals surface area contributed by atoms with E-state index in [-0.39, 0.29) is 6.61 Å². The topological polar surface area (TPSA) is 88.4 Å². The molecule has 1 rings (SSSR count). The number of benzene rings is 1. The number of para-hydroxylation sites is 1. The van der Waals surface area contributed by atoms with Crippen molar-refractivity contribution < 1.29 is 19.1 Å². The lowest BCUT2D eigenvalue weighted by molar-refractivity contribution is -0.146. The van der Waals surface area contributed by atoms with Crippen molar-refractivity contribution in [2.24, 2.45) is 0 Å². The average molecular weight is 248 g/mol. The highest BCUT2D eigenvalue weighted by Gasteiger charge is 2.09. The van der Waals surface area contributed by atoms with E-state index in [1.807, 2.05) is 6.07 Å². The maximum absolute atomic E-state index is 11.3. The van der Waals surface area contributed by atoms with Crippen LogP contribution in [0, 0.1) is 11.3 Å². The van der Waals surface area contributed by atoms with Gasteiger partial charge in [-0.1, -0.05) is 12.1 Å². The minimum absolute atomic E-state index is 0.223. The molecule has 0 aromatic heterocycles. The number of nitrogens with zero attached hydrogens (tertiary/aromatic N) is 1. The van der Waals surface area contributed by atoms with Crippen LogP contribution < -0.4 is 5.32 Å². The lowest BCUT2D eigenvalue weighted by atomic mass is 10.2. The highest BCUT2D eigenvalue weighted by atomic mass is 16.6. The summed E-state index contributed by atoms with van der Waals surface area (Å²) in [6, 6.07) is 8.38. The predicted molar refractivity (Wildman–Crippen MR) is 62.8 cm³/mol. The Hall–Kier alpha value is -2.55. The third kappa shape index (κ3) is 4.14. The van der Waals surface area contributed by atoms with Crippen molar-refractivity contribution >= 4 is 17.7 Å². The second kappa shape index (κ2) is 6.91. The van der Waals surface area contributed by atoms with Gasteiger partial charge in [0, 0.05) is 0 Å². The van der Waals surface area contributed by atoms with Crippen LogP contribution in [0.25, 0.3) is 0 Å². The van der Waals surface area contributed by atoms with E-state index in [9.17, 15) is 9.59 Å². The molecule has 6 heteroatoms. The van der Waals surface area contributed by atoms with Gasteiger partial charge < -0.3 is 9.47 Å². The summed E-state index contributed by atoms with van der Waals surface area (Å²) >= 11 is 0. The number of rotatable bonds is 4. The molecule has 94 valence electrons. The van der Waals surface area contributed by atoms with Gasteiger partial charge in [0.25, 0.3) is 0 Å². The van der Waals surface area contributed by atoms with E-state index in [1.54, 1.807) is 31.2 Å². The molecule has 1 aromatic rings. The Balaban J connectivity index is 2.50. The molecule has 1 aromatic carbocycles. The summed E-state index contributed by atoms with van der Waals surface area (Å²) in [6.07, 6.45) is -0.814. The second-order valence-corrected chi connectivity index (χ2v) is 3.16. The zero-order chi connectivity index (χ0) is 13.4. The smallest absolute Gasteiger partial charge is 0.412 e. The van der Waals surface area contributed by atoms with Crippen molar-refractivity contribution in [1.29, 1.82) is 5.26 Å². The molecule has 1 amide bonds. The monoisotopic (exact) mass is 248 g/mol. The Kier molecular flexibility index (Phi) is 5.19. The fourth-order valence-electron chi connectivity index (χ4n) is 1.16. The fraction of sp³-hybridized carbons (Fsp3) is 0.250. The number of esters is 1. The zero-order valence-electron chi connectivity index (χ0n) is 9.80. The van der Waals surface area contributed by atoms with Crippen LogP contribution in [-0.4, -0.2) is 25.3 Å². The summed E-state index contributed by atoms with van der Waals surface area (Å²) in [5.74, 6) is -0.624. The van der Waals surface area contributed by atoms with Gasteiger partial charge in [0.15, 0.2) is 6.61 Å². The summed E-state index contributed by atoms with van der Waals surface area (Å²) in [6.45, 7) is 1.41. The molecule has 0 saturated carbocycles. The zero-order valence-corrected chi connectivity index (χ0v) is 9.80. The van der Waals surface area contributed by atoms with Crippen molar-refractivity contribution in [3.8, 4) is 6.07 Å². The lowest BCUT2D eigenvalue weighted by Crippen LogP contribution is -2.20. The van der Waals surface area contributed by atoms with Crippen LogP contribution in [0.15, 0.2) is 24.3 Å². The number of amides is 1. The van der Waals surface area contributed by atoms with Crippen molar-refractivity contribution in [1.82, 2.24) is 0 Å². The third-order valence-electron chi connectivity index (χ3n) is 1.91. The Morgan fingerprint density at radius 2 is 2.06 bits per heavy atom. The van der Waals surface area contributed by atoms with Crippen LogP contribution in [0.2, 0.25) is 0 Å². The molecule has 0 bridgehead atoms. The van der Waals surface area contributed by atoms with Crippen molar-refractivity contribution in [2.75, 3.05) is 18.5 Å². The van der Waals surface area contributed by atoms with E-state index in [1.165, 1.54) is 0 Å². The average Bonchev–Trinajstić information content (AvgIpc) is 2.37. The molecular formula is C12H12N2O4. The van der Waals surface area contributed by atoms with Gasteiger partial charge in [-0.3, -0.25) is 5.32 Å². The minimum Gasteiger partial charge on any atom is -0.463 e. The molecule has 0 aliphatic rings. The first-order chi connectivity index (χ1) is 8.67. The van der Waals surface area contributed by atoms with Gasteiger partial charge in [-0.25, -0.2) is 9.59 Å². The molecular weight excluding hydrogens is 236 g/mol. The van der Waals surface area contributed by atoms with Crippen molar-refractivity contribution in [2.45, 2.75) is 6.92 Å². The Labute approximate surface area is 104 Å². The van der Waals surface area contributed by atoms with Crippen molar-refractivity contribution in [3.05, 3.63) is 29.8 Å². The Morgan fingerprint density at radius 1 is 1.33 bits per heavy atom. The van der Waals surface area contributed by atoms with Crippen LogP contribution in [0.3, 0.4) is 0 Å². The van der Waals surface area contributed by atoms with Crippen LogP contribution in [0.5, 0.6) is 0 Å². The molecule has 0 radical (unpaired) electrons. The lowest BCUT2D eigenvalue weighted by Gasteiger charge is -2.07. The highest BCUT2D eigenvalue weighted by molar-refractivity contribution is 5.87. The molecule has 0 heterocycles. The molecule has 1 N–H and O–H groups in total. The van der Waals surface area contributed by atoms with Crippen molar-refractivity contribution in [3.63, 3.8) is 0 Å². The molecule has 6 nitrogen and oxygen atoms in total. The van der Waals surface area contributed by atoms with Crippen LogP contribution in [0.1, 0.15) is 12.5 Å². The van der Waals surface area contributed by atoms with E-state index in [0.717, 1.165) is 0 Å². The van der Waals surface area contributed by atoms with Gasteiger partial charge in [0.05, 0.1) is 17.9 Å². The normalized spacial score (nSPS) is 9.11. The van der Waals surface area contributed by atoms with Gasteiger partial charge >= 0.3 is 12.1 Å². The SMILES string of the molecule is CCOC(=O)COC(=O)Nc1ccccc1C#N. The number of carbonyl (C=O) groups is 2. The quantitative estimate of drug-likeness (QED) is 0.819. The van der Waals surface area contributed by atoms with Gasteiger partial charge in [-0.05, 0) is 19.1 Å². The van der Waals surface area contributed by atoms with Gasteiger partial charge in [0.2, 0.25) is 0 Å². The number of hydrogen-bond donors (Lipinski definition) is 1. The first-order valence-corrected chi connectivity index (χ1v) is 5.26. The van der Waals surface area contributed by atoms with E-state index in [4.69, 9.17) is 5.26 Å². The summed E-state index contributed by atoms with van der Waals surface area (Å²) in [5.41, 5.74) is 0.638. The molecule has 0 unspecified atom stereocenters. The van der Waals surface area contributed by atoms with E-state index < -0.39 is 18.7 Å². The number of ether oxygens (including phenoxy) is 2. The standard InChI is InChI=1S/C12H12N2O4/c1-2-17-11(15)8-18-12(16)14-10-6-4-3-5-9(10)7-13/h3-6H,2,8H2,1H3,(H,14,16). The highest BCUT2D eigenvalue weighted by Crippen LogP contribution is 2.13. The molecule has 0 spiro atoms. The molecule has 0 fully saturated rings. The summed E-state index contributed by atoms with van der Waals surface area (Å²) < 4.78 is 9.22. The maximum atomic E-state index is 11.3. The van der Waals surface area contributed by atoms with Gasteiger partial charge in [-0.2, -0.15) is 5.26 Å². The predicted octanol–water partition coefficient (Wildman–Crippen LogP) is 1.67. The Bertz CT molecular complexity index is 479. The van der Waals surface area contributed by atoms with Crippen LogP contribution >= 0.6 is 0 Å². The minimum atomic E-state index is -0.814. The van der Waals surface area contributed by atoms with E-state index >= 15 is 0 Å². The number of anilines is 1. The first-order valence-electron chi connectivity index (χ1n) is 5.26. The Morgan fingerprint density at radius 3 is 2.72 bits per heavy atom. The summed E-state index contributed by atoms with van der Waals surface area (Å²) in [5, 5.41) is 11.2. The summed E-state index contributed by atoms with van der Waals surface area (Å²) in [7, 11) is 0. The molecule has 0 aliphatic heterocycles. The van der Waals surface area contributed by atoms with Gasteiger partial charge in [-0.15, -0.1) is 0 Å². The number of carbonyl (C=O) groups excluding carboxylic acids is 2. The molecule has 18 heavy (non-hydrogen) atoms. The number of nitrogens with one attached hydrogen (secondary N) is 1. The molecule has 0 saturated heterocycles. The fourth-order valence-corrected chi connectivity index (χ4v) is 1.16. The van der Waals surface area contributed by atoms with E-state index in [0.29, 0.717) is 11.3 Å². The number of hydrogen-bond acceptors (Lipinski definition) is 5. The second-order valence-electron chi connectivity index (χ2n) is 3.16. The maximum Gasteiger partial charge on any atom is 0.412 e. The summed E-state index contributed by atoms with van der Waals surface area (Å²) in [4.78, 5) is 22.3.